The zero-order chi connectivity index (χ0) is 12.4. The monoisotopic (exact) mass is 246 g/mol. The second-order valence-corrected chi connectivity index (χ2v) is 5.57. The van der Waals surface area contributed by atoms with Crippen LogP contribution in [0.1, 0.15) is 23.1 Å². The van der Waals surface area contributed by atoms with E-state index in [0.29, 0.717) is 0 Å². The van der Waals surface area contributed by atoms with Crippen LogP contribution in [0.3, 0.4) is 0 Å². The Morgan fingerprint density at radius 1 is 1.35 bits per heavy atom. The van der Waals surface area contributed by atoms with Crippen LogP contribution in [0.25, 0.3) is 11.3 Å². The van der Waals surface area contributed by atoms with E-state index < -0.39 is 0 Å². The predicted molar refractivity (Wildman–Crippen MR) is 74.4 cm³/mol. The molecule has 1 heterocycles. The normalized spacial score (nSPS) is 12.7. The molecule has 0 amide bonds. The minimum atomic E-state index is 0.174. The van der Waals surface area contributed by atoms with Crippen LogP contribution < -0.4 is 5.73 Å². The van der Waals surface area contributed by atoms with Crippen LogP contribution in [0, 0.1) is 13.8 Å². The van der Waals surface area contributed by atoms with Crippen molar-refractivity contribution in [2.45, 2.75) is 33.2 Å². The fourth-order valence-electron chi connectivity index (χ4n) is 1.82. The molecule has 17 heavy (non-hydrogen) atoms. The van der Waals surface area contributed by atoms with Crippen molar-refractivity contribution in [3.05, 3.63) is 39.7 Å². The van der Waals surface area contributed by atoms with Crippen LogP contribution in [0.5, 0.6) is 0 Å². The Balaban J connectivity index is 2.33. The molecule has 0 aliphatic heterocycles. The van der Waals surface area contributed by atoms with E-state index in [0.717, 1.165) is 17.1 Å². The molecule has 3 heteroatoms. The number of hydrogen-bond donors (Lipinski definition) is 1. The van der Waals surface area contributed by atoms with Crippen molar-refractivity contribution in [3.63, 3.8) is 0 Å². The Labute approximate surface area is 107 Å². The first-order valence-corrected chi connectivity index (χ1v) is 6.72. The molecular formula is C14H18N2S. The Bertz CT molecular complexity index is 515. The van der Waals surface area contributed by atoms with E-state index >= 15 is 0 Å². The number of aromatic nitrogens is 1. The summed E-state index contributed by atoms with van der Waals surface area (Å²) in [6.07, 6.45) is 0.857. The summed E-state index contributed by atoms with van der Waals surface area (Å²) in [5, 5.41) is 3.25. The van der Waals surface area contributed by atoms with Crippen LogP contribution in [-0.2, 0) is 6.42 Å². The third kappa shape index (κ3) is 2.93. The summed E-state index contributed by atoms with van der Waals surface area (Å²) in [6, 6.07) is 6.65. The molecule has 1 aromatic heterocycles. The second-order valence-electron chi connectivity index (χ2n) is 4.63. The van der Waals surface area contributed by atoms with Crippen molar-refractivity contribution in [2.24, 2.45) is 5.73 Å². The smallest absolute Gasteiger partial charge is 0.0947 e. The fraction of sp³-hybridized carbons (Fsp3) is 0.357. The van der Waals surface area contributed by atoms with Crippen molar-refractivity contribution in [2.75, 3.05) is 0 Å². The molecule has 2 N–H and O–H groups in total. The number of aryl methyl sites for hydroxylation is 2. The Morgan fingerprint density at radius 3 is 2.82 bits per heavy atom. The van der Waals surface area contributed by atoms with Gasteiger partial charge in [-0.15, -0.1) is 11.3 Å². The van der Waals surface area contributed by atoms with Crippen LogP contribution >= 0.6 is 11.3 Å². The highest BCUT2D eigenvalue weighted by molar-refractivity contribution is 7.09. The third-order valence-electron chi connectivity index (χ3n) is 2.72. The van der Waals surface area contributed by atoms with Gasteiger partial charge in [-0.05, 0) is 32.4 Å². The topological polar surface area (TPSA) is 38.9 Å². The minimum Gasteiger partial charge on any atom is -0.328 e. The lowest BCUT2D eigenvalue weighted by Gasteiger charge is -2.04. The van der Waals surface area contributed by atoms with Gasteiger partial charge in [0, 0.05) is 23.4 Å². The van der Waals surface area contributed by atoms with Crippen molar-refractivity contribution >= 4 is 11.3 Å². The molecule has 1 atom stereocenters. The van der Waals surface area contributed by atoms with Crippen LogP contribution in [0.15, 0.2) is 23.6 Å². The molecule has 0 bridgehead atoms. The van der Waals surface area contributed by atoms with Crippen LogP contribution in [-0.4, -0.2) is 11.0 Å². The lowest BCUT2D eigenvalue weighted by atomic mass is 10.0. The molecule has 0 aliphatic rings. The van der Waals surface area contributed by atoms with E-state index in [4.69, 9.17) is 5.73 Å². The van der Waals surface area contributed by atoms with E-state index in [9.17, 15) is 0 Å². The fourth-order valence-corrected chi connectivity index (χ4v) is 2.75. The van der Waals surface area contributed by atoms with Crippen molar-refractivity contribution < 1.29 is 0 Å². The zero-order valence-corrected chi connectivity index (χ0v) is 11.3. The first-order valence-electron chi connectivity index (χ1n) is 5.84. The second kappa shape index (κ2) is 4.98. The number of thiazole rings is 1. The lowest BCUT2D eigenvalue weighted by molar-refractivity contribution is 0.734. The standard InChI is InChI=1S/C14H18N2S/c1-9-4-5-10(2)12(6-9)13-8-17-14(16-13)7-11(3)15/h4-6,8,11H,7,15H2,1-3H3. The van der Waals surface area contributed by atoms with Crippen molar-refractivity contribution in [1.82, 2.24) is 4.98 Å². The molecule has 0 aliphatic carbocycles. The lowest BCUT2D eigenvalue weighted by Crippen LogP contribution is -2.17. The summed E-state index contributed by atoms with van der Waals surface area (Å²) < 4.78 is 0. The van der Waals surface area contributed by atoms with Crippen LogP contribution in [0.2, 0.25) is 0 Å². The molecule has 0 radical (unpaired) electrons. The summed E-state index contributed by atoms with van der Waals surface area (Å²) in [4.78, 5) is 4.66. The maximum atomic E-state index is 5.79. The van der Waals surface area contributed by atoms with E-state index in [1.807, 2.05) is 6.92 Å². The molecule has 2 nitrogen and oxygen atoms in total. The molecule has 2 aromatic rings. The molecule has 0 saturated carbocycles. The Morgan fingerprint density at radius 2 is 2.12 bits per heavy atom. The predicted octanol–water partition coefficient (Wildman–Crippen LogP) is 3.32. The zero-order valence-electron chi connectivity index (χ0n) is 10.5. The van der Waals surface area contributed by atoms with Gasteiger partial charge in [-0.1, -0.05) is 17.7 Å². The molecule has 0 saturated heterocycles. The highest BCUT2D eigenvalue weighted by atomic mass is 32.1. The summed E-state index contributed by atoms with van der Waals surface area (Å²) in [7, 11) is 0. The van der Waals surface area contributed by atoms with Crippen molar-refractivity contribution in [3.8, 4) is 11.3 Å². The highest BCUT2D eigenvalue weighted by Crippen LogP contribution is 2.26. The van der Waals surface area contributed by atoms with Crippen molar-refractivity contribution in [1.29, 1.82) is 0 Å². The SMILES string of the molecule is Cc1ccc(C)c(-c2csc(CC(C)N)n2)c1. The maximum Gasteiger partial charge on any atom is 0.0947 e. The Kier molecular flexibility index (Phi) is 3.60. The van der Waals surface area contributed by atoms with Gasteiger partial charge in [-0.2, -0.15) is 0 Å². The molecular weight excluding hydrogens is 228 g/mol. The quantitative estimate of drug-likeness (QED) is 0.902. The first kappa shape index (κ1) is 12.3. The number of nitrogens with zero attached hydrogens (tertiary/aromatic N) is 1. The minimum absolute atomic E-state index is 0.174. The van der Waals surface area contributed by atoms with Gasteiger partial charge < -0.3 is 5.73 Å². The van der Waals surface area contributed by atoms with E-state index in [2.05, 4.69) is 42.4 Å². The summed E-state index contributed by atoms with van der Waals surface area (Å²) in [6.45, 7) is 6.25. The van der Waals surface area contributed by atoms with Gasteiger partial charge in [-0.3, -0.25) is 0 Å². The largest absolute Gasteiger partial charge is 0.328 e. The number of rotatable bonds is 3. The van der Waals surface area contributed by atoms with E-state index in [1.54, 1.807) is 11.3 Å². The van der Waals surface area contributed by atoms with E-state index in [-0.39, 0.29) is 6.04 Å². The van der Waals surface area contributed by atoms with Gasteiger partial charge in [0.15, 0.2) is 0 Å². The summed E-state index contributed by atoms with van der Waals surface area (Å²) in [5.41, 5.74) is 10.6. The molecule has 2 rings (SSSR count). The van der Waals surface area contributed by atoms with E-state index in [1.165, 1.54) is 16.7 Å². The van der Waals surface area contributed by atoms with Gasteiger partial charge in [-0.25, -0.2) is 4.98 Å². The highest BCUT2D eigenvalue weighted by Gasteiger charge is 2.08. The Hall–Kier alpha value is -1.19. The first-order chi connectivity index (χ1) is 8.06. The maximum absolute atomic E-state index is 5.79. The molecule has 1 aromatic carbocycles. The number of hydrogen-bond acceptors (Lipinski definition) is 3. The van der Waals surface area contributed by atoms with Gasteiger partial charge in [0.05, 0.1) is 10.7 Å². The van der Waals surface area contributed by atoms with Gasteiger partial charge in [0.1, 0.15) is 0 Å². The number of nitrogens with two attached hydrogens (primary N) is 1. The third-order valence-corrected chi connectivity index (χ3v) is 3.59. The van der Waals surface area contributed by atoms with Gasteiger partial charge >= 0.3 is 0 Å². The van der Waals surface area contributed by atoms with Gasteiger partial charge in [0.25, 0.3) is 0 Å². The molecule has 1 unspecified atom stereocenters. The number of benzene rings is 1. The van der Waals surface area contributed by atoms with Crippen LogP contribution in [0.4, 0.5) is 0 Å². The van der Waals surface area contributed by atoms with Gasteiger partial charge in [0.2, 0.25) is 0 Å². The molecule has 0 spiro atoms. The summed E-state index contributed by atoms with van der Waals surface area (Å²) in [5.74, 6) is 0. The molecule has 0 fully saturated rings. The molecule has 90 valence electrons. The average molecular weight is 246 g/mol. The summed E-state index contributed by atoms with van der Waals surface area (Å²) >= 11 is 1.70. The average Bonchev–Trinajstić information content (AvgIpc) is 2.69.